The number of nitrogens with zero attached hydrogens (tertiary/aromatic N) is 1. The van der Waals surface area contributed by atoms with Crippen LogP contribution in [0.3, 0.4) is 0 Å². The molecule has 0 atom stereocenters. The van der Waals surface area contributed by atoms with Gasteiger partial charge in [0.1, 0.15) is 5.82 Å². The first-order chi connectivity index (χ1) is 14.6. The Hall–Kier alpha value is -1.95. The van der Waals surface area contributed by atoms with Gasteiger partial charge in [-0.25, -0.2) is 4.39 Å². The molecule has 1 saturated carbocycles. The Labute approximate surface area is 185 Å². The number of nitrogens with one attached hydrogen (secondary N) is 2. The summed E-state index contributed by atoms with van der Waals surface area (Å²) >= 11 is 5.64. The summed E-state index contributed by atoms with van der Waals surface area (Å²) in [7, 11) is 0. The molecule has 0 unspecified atom stereocenters. The molecule has 0 heterocycles. The summed E-state index contributed by atoms with van der Waals surface area (Å²) in [4.78, 5) is 14.3. The lowest BCUT2D eigenvalue weighted by Gasteiger charge is -2.36. The number of amides is 1. The van der Waals surface area contributed by atoms with Crippen molar-refractivity contribution in [1.82, 2.24) is 15.5 Å². The van der Waals surface area contributed by atoms with E-state index in [1.54, 1.807) is 12.1 Å². The maximum atomic E-state index is 14.2. The SMILES string of the molecule is O=C(CNC(=S)N(Cc1ccccc1F)C1CCCCC1)NCCC1=CCCCC1. The van der Waals surface area contributed by atoms with Crippen molar-refractivity contribution in [3.05, 3.63) is 47.3 Å². The molecule has 1 fully saturated rings. The van der Waals surface area contributed by atoms with E-state index >= 15 is 0 Å². The molecule has 3 rings (SSSR count). The zero-order valence-corrected chi connectivity index (χ0v) is 18.6. The van der Waals surface area contributed by atoms with Crippen LogP contribution in [0.2, 0.25) is 0 Å². The highest BCUT2D eigenvalue weighted by molar-refractivity contribution is 7.80. The van der Waals surface area contributed by atoms with Crippen LogP contribution in [0.15, 0.2) is 35.9 Å². The smallest absolute Gasteiger partial charge is 0.239 e. The van der Waals surface area contributed by atoms with Crippen molar-refractivity contribution >= 4 is 23.2 Å². The van der Waals surface area contributed by atoms with Crippen molar-refractivity contribution in [1.29, 1.82) is 0 Å². The van der Waals surface area contributed by atoms with Gasteiger partial charge in [0.15, 0.2) is 5.11 Å². The number of hydrogen-bond donors (Lipinski definition) is 2. The lowest BCUT2D eigenvalue weighted by Crippen LogP contribution is -2.48. The molecular weight excluding hydrogens is 397 g/mol. The Bertz CT molecular complexity index is 746. The van der Waals surface area contributed by atoms with Crippen LogP contribution in [0.25, 0.3) is 0 Å². The summed E-state index contributed by atoms with van der Waals surface area (Å²) in [5.41, 5.74) is 2.09. The lowest BCUT2D eigenvalue weighted by atomic mass is 9.94. The van der Waals surface area contributed by atoms with Crippen LogP contribution >= 0.6 is 12.2 Å². The van der Waals surface area contributed by atoms with Gasteiger partial charge in [-0.2, -0.15) is 0 Å². The predicted molar refractivity (Wildman–Crippen MR) is 124 cm³/mol. The summed E-state index contributed by atoms with van der Waals surface area (Å²) in [6, 6.07) is 7.14. The predicted octanol–water partition coefficient (Wildman–Crippen LogP) is 4.84. The van der Waals surface area contributed by atoms with Crippen LogP contribution in [-0.2, 0) is 11.3 Å². The van der Waals surface area contributed by atoms with E-state index in [0.717, 1.165) is 44.9 Å². The normalized spacial score (nSPS) is 17.2. The van der Waals surface area contributed by atoms with Gasteiger partial charge in [0.2, 0.25) is 5.91 Å². The second kappa shape index (κ2) is 12.0. The standard InChI is InChI=1S/C24H34FN3OS/c25-22-14-8-7-11-20(22)18-28(21-12-5-2-6-13-21)24(30)27-17-23(29)26-16-15-19-9-3-1-4-10-19/h7-9,11,14,21H,1-6,10,12-13,15-18H2,(H,26,29)(H,27,30). The highest BCUT2D eigenvalue weighted by Crippen LogP contribution is 2.25. The molecule has 2 aliphatic carbocycles. The van der Waals surface area contributed by atoms with Gasteiger partial charge < -0.3 is 15.5 Å². The molecule has 1 aromatic rings. The maximum Gasteiger partial charge on any atom is 0.239 e. The van der Waals surface area contributed by atoms with E-state index in [4.69, 9.17) is 12.2 Å². The third-order valence-electron chi connectivity index (χ3n) is 6.13. The van der Waals surface area contributed by atoms with E-state index in [1.807, 2.05) is 6.07 Å². The Morgan fingerprint density at radius 2 is 1.90 bits per heavy atom. The van der Waals surface area contributed by atoms with Crippen LogP contribution in [0.1, 0.15) is 69.8 Å². The molecule has 0 aromatic heterocycles. The van der Waals surface area contributed by atoms with Crippen LogP contribution in [-0.4, -0.2) is 35.1 Å². The van der Waals surface area contributed by atoms with Gasteiger partial charge >= 0.3 is 0 Å². The minimum absolute atomic E-state index is 0.0526. The molecule has 0 bridgehead atoms. The molecule has 0 spiro atoms. The average molecular weight is 432 g/mol. The zero-order valence-electron chi connectivity index (χ0n) is 17.8. The van der Waals surface area contributed by atoms with Gasteiger partial charge in [0.05, 0.1) is 6.54 Å². The number of thiocarbonyl (C=S) groups is 1. The van der Waals surface area contributed by atoms with Gasteiger partial charge in [-0.1, -0.05) is 49.1 Å². The number of carbonyl (C=O) groups is 1. The quantitative estimate of drug-likeness (QED) is 0.457. The van der Waals surface area contributed by atoms with Crippen molar-refractivity contribution in [2.24, 2.45) is 0 Å². The van der Waals surface area contributed by atoms with Crippen molar-refractivity contribution in [2.75, 3.05) is 13.1 Å². The molecule has 0 saturated heterocycles. The highest BCUT2D eigenvalue weighted by Gasteiger charge is 2.24. The van der Waals surface area contributed by atoms with Gasteiger partial charge in [-0.15, -0.1) is 0 Å². The Balaban J connectivity index is 1.50. The molecule has 2 N–H and O–H groups in total. The molecule has 2 aliphatic rings. The molecule has 4 nitrogen and oxygen atoms in total. The molecule has 164 valence electrons. The van der Waals surface area contributed by atoms with Crippen molar-refractivity contribution in [3.8, 4) is 0 Å². The number of carbonyl (C=O) groups excluding carboxylic acids is 1. The van der Waals surface area contributed by atoms with E-state index in [9.17, 15) is 9.18 Å². The maximum absolute atomic E-state index is 14.2. The third kappa shape index (κ3) is 7.08. The summed E-state index contributed by atoms with van der Waals surface area (Å²) in [6.07, 6.45) is 13.8. The largest absolute Gasteiger partial charge is 0.354 e. The minimum atomic E-state index is -0.212. The molecule has 0 aliphatic heterocycles. The number of benzene rings is 1. The van der Waals surface area contributed by atoms with Gasteiger partial charge in [0, 0.05) is 24.7 Å². The summed E-state index contributed by atoms with van der Waals surface area (Å²) in [6.45, 7) is 1.25. The molecule has 1 amide bonds. The molecule has 30 heavy (non-hydrogen) atoms. The molecule has 1 aromatic carbocycles. The van der Waals surface area contributed by atoms with Crippen molar-refractivity contribution in [2.45, 2.75) is 76.8 Å². The fourth-order valence-electron chi connectivity index (χ4n) is 4.38. The summed E-state index contributed by atoms with van der Waals surface area (Å²) in [5, 5.41) is 6.64. The van der Waals surface area contributed by atoms with Crippen LogP contribution < -0.4 is 10.6 Å². The number of allylic oxidation sites excluding steroid dienone is 1. The summed E-state index contributed by atoms with van der Waals surface area (Å²) in [5.74, 6) is -0.265. The van der Waals surface area contributed by atoms with E-state index < -0.39 is 0 Å². The van der Waals surface area contributed by atoms with Crippen LogP contribution in [0, 0.1) is 5.82 Å². The van der Waals surface area contributed by atoms with Gasteiger partial charge in [0.25, 0.3) is 0 Å². The zero-order chi connectivity index (χ0) is 21.2. The minimum Gasteiger partial charge on any atom is -0.354 e. The first-order valence-corrected chi connectivity index (χ1v) is 11.8. The number of rotatable bonds is 8. The summed E-state index contributed by atoms with van der Waals surface area (Å²) < 4.78 is 14.2. The molecule has 0 radical (unpaired) electrons. The van der Waals surface area contributed by atoms with Gasteiger partial charge in [-0.05, 0) is 63.2 Å². The van der Waals surface area contributed by atoms with Gasteiger partial charge in [-0.3, -0.25) is 4.79 Å². The van der Waals surface area contributed by atoms with Crippen LogP contribution in [0.4, 0.5) is 4.39 Å². The van der Waals surface area contributed by atoms with E-state index in [1.165, 1.54) is 30.9 Å². The fraction of sp³-hybridized carbons (Fsp3) is 0.583. The Morgan fingerprint density at radius 1 is 1.10 bits per heavy atom. The van der Waals surface area contributed by atoms with E-state index in [-0.39, 0.29) is 18.3 Å². The average Bonchev–Trinajstić information content (AvgIpc) is 2.78. The first-order valence-electron chi connectivity index (χ1n) is 11.4. The molecule has 6 heteroatoms. The van der Waals surface area contributed by atoms with Crippen LogP contribution in [0.5, 0.6) is 0 Å². The monoisotopic (exact) mass is 431 g/mol. The second-order valence-electron chi connectivity index (χ2n) is 8.38. The molecular formula is C24H34FN3OS. The number of halogens is 1. The topological polar surface area (TPSA) is 44.4 Å². The third-order valence-corrected chi connectivity index (χ3v) is 6.51. The fourth-order valence-corrected chi connectivity index (χ4v) is 4.67. The highest BCUT2D eigenvalue weighted by atomic mass is 32.1. The Morgan fingerprint density at radius 3 is 2.63 bits per heavy atom. The van der Waals surface area contributed by atoms with E-state index in [2.05, 4.69) is 21.6 Å². The van der Waals surface area contributed by atoms with Crippen molar-refractivity contribution in [3.63, 3.8) is 0 Å². The second-order valence-corrected chi connectivity index (χ2v) is 8.76. The van der Waals surface area contributed by atoms with Crippen molar-refractivity contribution < 1.29 is 9.18 Å². The lowest BCUT2D eigenvalue weighted by molar-refractivity contribution is -0.120. The Kier molecular flexibility index (Phi) is 9.12. The number of hydrogen-bond acceptors (Lipinski definition) is 2. The van der Waals surface area contributed by atoms with E-state index in [0.29, 0.717) is 29.8 Å². The first kappa shape index (κ1) is 22.7.